The van der Waals surface area contributed by atoms with Gasteiger partial charge in [-0.05, 0) is 37.6 Å². The minimum atomic E-state index is -3.82. The van der Waals surface area contributed by atoms with E-state index in [1.54, 1.807) is 6.92 Å². The van der Waals surface area contributed by atoms with Crippen molar-refractivity contribution in [2.24, 2.45) is 0 Å². The Kier molecular flexibility index (Phi) is 8.09. The molecular formula is C12H19Cl2FN2O3S. The first kappa shape index (κ1) is 20.6. The molecule has 1 aliphatic rings. The topological polar surface area (TPSA) is 78.4 Å². The van der Waals surface area contributed by atoms with Gasteiger partial charge in [-0.15, -0.1) is 24.8 Å². The second-order valence-corrected chi connectivity index (χ2v) is 6.38. The minimum Gasteiger partial charge on any atom is -0.390 e. The number of hydrogen-bond donors (Lipinski definition) is 3. The smallest absolute Gasteiger partial charge is 0.241 e. The van der Waals surface area contributed by atoms with E-state index in [0.717, 1.165) is 6.07 Å². The van der Waals surface area contributed by atoms with Crippen molar-refractivity contribution < 1.29 is 17.9 Å². The Morgan fingerprint density at radius 3 is 2.67 bits per heavy atom. The number of benzene rings is 1. The van der Waals surface area contributed by atoms with Crippen molar-refractivity contribution in [1.82, 2.24) is 10.0 Å². The molecule has 0 unspecified atom stereocenters. The van der Waals surface area contributed by atoms with E-state index in [4.69, 9.17) is 0 Å². The van der Waals surface area contributed by atoms with E-state index in [9.17, 15) is 17.9 Å². The van der Waals surface area contributed by atoms with Gasteiger partial charge in [-0.25, -0.2) is 17.5 Å². The van der Waals surface area contributed by atoms with E-state index in [1.807, 2.05) is 0 Å². The monoisotopic (exact) mass is 360 g/mol. The molecule has 2 rings (SSSR count). The van der Waals surface area contributed by atoms with Gasteiger partial charge in [0.2, 0.25) is 10.0 Å². The first-order valence-corrected chi connectivity index (χ1v) is 7.56. The van der Waals surface area contributed by atoms with Gasteiger partial charge < -0.3 is 10.4 Å². The van der Waals surface area contributed by atoms with E-state index >= 15 is 0 Å². The van der Waals surface area contributed by atoms with Crippen molar-refractivity contribution in [3.63, 3.8) is 0 Å². The molecule has 1 heterocycles. The average Bonchev–Trinajstić information content (AvgIpc) is 2.35. The molecule has 1 saturated heterocycles. The number of aryl methyl sites for hydroxylation is 1. The predicted octanol–water partition coefficient (Wildman–Crippen LogP) is 0.979. The summed E-state index contributed by atoms with van der Waals surface area (Å²) in [7, 11) is -3.82. The number of halogens is 3. The summed E-state index contributed by atoms with van der Waals surface area (Å²) < 4.78 is 40.0. The van der Waals surface area contributed by atoms with Crippen LogP contribution in [-0.2, 0) is 10.0 Å². The van der Waals surface area contributed by atoms with Gasteiger partial charge in [-0.2, -0.15) is 0 Å². The molecule has 0 saturated carbocycles. The lowest BCUT2D eigenvalue weighted by Crippen LogP contribution is -2.52. The second kappa shape index (κ2) is 8.26. The first-order chi connectivity index (χ1) is 8.90. The van der Waals surface area contributed by atoms with Crippen LogP contribution in [0.5, 0.6) is 0 Å². The van der Waals surface area contributed by atoms with Gasteiger partial charge in [-0.3, -0.25) is 0 Å². The van der Waals surface area contributed by atoms with Crippen molar-refractivity contribution in [3.8, 4) is 0 Å². The lowest BCUT2D eigenvalue weighted by molar-refractivity contribution is 0.113. The average molecular weight is 361 g/mol. The molecule has 122 valence electrons. The number of aliphatic hydroxyl groups excluding tert-OH is 1. The van der Waals surface area contributed by atoms with E-state index in [1.165, 1.54) is 12.1 Å². The summed E-state index contributed by atoms with van der Waals surface area (Å²) in [6, 6.07) is 3.08. The number of hydrogen-bond acceptors (Lipinski definition) is 4. The number of β-amino-alcohol motifs (C(OH)–C–C–N with tert-alkyl or cyclic N) is 1. The summed E-state index contributed by atoms with van der Waals surface area (Å²) in [6.45, 7) is 2.58. The van der Waals surface area contributed by atoms with Gasteiger partial charge in [0, 0.05) is 6.54 Å². The van der Waals surface area contributed by atoms with Crippen LogP contribution in [0.4, 0.5) is 4.39 Å². The molecule has 1 aliphatic heterocycles. The number of piperidine rings is 1. The Bertz CT molecular complexity index is 572. The maximum absolute atomic E-state index is 13.2. The lowest BCUT2D eigenvalue weighted by atomic mass is 10.1. The maximum Gasteiger partial charge on any atom is 0.241 e. The maximum atomic E-state index is 13.2. The number of rotatable bonds is 3. The zero-order valence-electron chi connectivity index (χ0n) is 11.4. The normalized spacial score (nSPS) is 22.0. The van der Waals surface area contributed by atoms with Crippen LogP contribution in [-0.4, -0.2) is 38.8 Å². The van der Waals surface area contributed by atoms with Crippen molar-refractivity contribution >= 4 is 34.8 Å². The van der Waals surface area contributed by atoms with E-state index < -0.39 is 28.0 Å². The fraction of sp³-hybridized carbons (Fsp3) is 0.500. The Morgan fingerprint density at radius 2 is 2.05 bits per heavy atom. The fourth-order valence-corrected chi connectivity index (χ4v) is 3.67. The largest absolute Gasteiger partial charge is 0.390 e. The molecule has 2 atom stereocenters. The molecule has 0 spiro atoms. The molecule has 0 aliphatic carbocycles. The van der Waals surface area contributed by atoms with Crippen LogP contribution < -0.4 is 10.0 Å². The summed E-state index contributed by atoms with van der Waals surface area (Å²) in [5.41, 5.74) is 0.470. The molecule has 21 heavy (non-hydrogen) atoms. The summed E-state index contributed by atoms with van der Waals surface area (Å²) in [4.78, 5) is -0.0850. The summed E-state index contributed by atoms with van der Waals surface area (Å²) in [6.07, 6.45) is -0.285. The lowest BCUT2D eigenvalue weighted by Gasteiger charge is -2.29. The molecule has 0 amide bonds. The highest BCUT2D eigenvalue weighted by Crippen LogP contribution is 2.18. The highest BCUT2D eigenvalue weighted by Gasteiger charge is 2.28. The van der Waals surface area contributed by atoms with Crippen LogP contribution in [0.15, 0.2) is 23.1 Å². The van der Waals surface area contributed by atoms with Gasteiger partial charge in [0.15, 0.2) is 0 Å². The molecule has 1 fully saturated rings. The molecule has 0 bridgehead atoms. The zero-order chi connectivity index (χ0) is 14.0. The zero-order valence-corrected chi connectivity index (χ0v) is 13.8. The van der Waals surface area contributed by atoms with Gasteiger partial charge >= 0.3 is 0 Å². The van der Waals surface area contributed by atoms with Crippen LogP contribution in [0, 0.1) is 12.7 Å². The van der Waals surface area contributed by atoms with E-state index in [0.29, 0.717) is 25.1 Å². The van der Waals surface area contributed by atoms with Gasteiger partial charge in [0.05, 0.1) is 17.0 Å². The van der Waals surface area contributed by atoms with Gasteiger partial charge in [0.25, 0.3) is 0 Å². The van der Waals surface area contributed by atoms with Crippen LogP contribution in [0.2, 0.25) is 0 Å². The van der Waals surface area contributed by atoms with Crippen LogP contribution >= 0.6 is 24.8 Å². The Labute approximate surface area is 136 Å². The highest BCUT2D eigenvalue weighted by atomic mass is 35.5. The van der Waals surface area contributed by atoms with Crippen molar-refractivity contribution in [2.75, 3.05) is 13.1 Å². The van der Waals surface area contributed by atoms with Crippen LogP contribution in [0.3, 0.4) is 0 Å². The summed E-state index contributed by atoms with van der Waals surface area (Å²) in [5.74, 6) is -0.600. The molecular weight excluding hydrogens is 342 g/mol. The summed E-state index contributed by atoms with van der Waals surface area (Å²) in [5, 5.41) is 12.7. The van der Waals surface area contributed by atoms with Crippen molar-refractivity contribution in [1.29, 1.82) is 0 Å². The minimum absolute atomic E-state index is 0. The van der Waals surface area contributed by atoms with Crippen molar-refractivity contribution in [3.05, 3.63) is 29.6 Å². The first-order valence-electron chi connectivity index (χ1n) is 6.07. The molecule has 1 aromatic rings. The third kappa shape index (κ3) is 5.05. The molecule has 5 nitrogen and oxygen atoms in total. The molecule has 0 radical (unpaired) electrons. The second-order valence-electron chi connectivity index (χ2n) is 4.70. The summed E-state index contributed by atoms with van der Waals surface area (Å²) >= 11 is 0. The Morgan fingerprint density at radius 1 is 1.38 bits per heavy atom. The number of nitrogens with one attached hydrogen (secondary N) is 2. The van der Waals surface area contributed by atoms with Gasteiger partial charge in [-0.1, -0.05) is 6.07 Å². The third-order valence-corrected chi connectivity index (χ3v) is 4.83. The molecule has 0 aromatic heterocycles. The predicted molar refractivity (Wildman–Crippen MR) is 83.2 cm³/mol. The Balaban J connectivity index is 0.00000200. The number of aliphatic hydroxyl groups is 1. The molecule has 3 N–H and O–H groups in total. The standard InChI is InChI=1S/C12H17FN2O3S.2ClH/c1-8-2-3-9(13)6-12(8)19(17,18)15-10-4-5-14-7-11(10)16;;/h2-3,6,10-11,14-16H,4-5,7H2,1H3;2*1H/t10-,11-;;/m1../s1. The Hall–Kier alpha value is -0.440. The fourth-order valence-electron chi connectivity index (χ4n) is 2.11. The van der Waals surface area contributed by atoms with Crippen molar-refractivity contribution in [2.45, 2.75) is 30.4 Å². The third-order valence-electron chi connectivity index (χ3n) is 3.20. The van der Waals surface area contributed by atoms with Crippen LogP contribution in [0.25, 0.3) is 0 Å². The molecule has 9 heteroatoms. The number of sulfonamides is 1. The molecule has 1 aromatic carbocycles. The SMILES string of the molecule is Cc1ccc(F)cc1S(=O)(=O)N[C@@H]1CCNC[C@H]1O.Cl.Cl. The van der Waals surface area contributed by atoms with E-state index in [2.05, 4.69) is 10.0 Å². The van der Waals surface area contributed by atoms with E-state index in [-0.39, 0.29) is 29.7 Å². The highest BCUT2D eigenvalue weighted by molar-refractivity contribution is 7.89. The quantitative estimate of drug-likeness (QED) is 0.750. The van der Waals surface area contributed by atoms with Crippen LogP contribution in [0.1, 0.15) is 12.0 Å². The van der Waals surface area contributed by atoms with Gasteiger partial charge in [0.1, 0.15) is 5.82 Å².